The first kappa shape index (κ1) is 15.2. The number of rotatable bonds is 6. The number of aromatic nitrogens is 1. The van der Waals surface area contributed by atoms with Gasteiger partial charge in [-0.2, -0.15) is 0 Å². The Morgan fingerprint density at radius 1 is 1.04 bits per heavy atom. The lowest BCUT2D eigenvalue weighted by Gasteiger charge is -2.13. The van der Waals surface area contributed by atoms with Crippen LogP contribution in [0.4, 0.5) is 0 Å². The zero-order chi connectivity index (χ0) is 16.2. The fourth-order valence-electron chi connectivity index (χ4n) is 2.46. The summed E-state index contributed by atoms with van der Waals surface area (Å²) in [6.07, 6.45) is 2.21. The van der Waals surface area contributed by atoms with Gasteiger partial charge in [-0.1, -0.05) is 18.2 Å². The molecule has 2 aromatic rings. The molecule has 0 saturated carbocycles. The third kappa shape index (κ3) is 3.07. The van der Waals surface area contributed by atoms with Crippen LogP contribution in [-0.2, 0) is 6.54 Å². The summed E-state index contributed by atoms with van der Waals surface area (Å²) in [7, 11) is 0. The van der Waals surface area contributed by atoms with Crippen LogP contribution in [0.15, 0.2) is 42.6 Å². The van der Waals surface area contributed by atoms with E-state index in [1.807, 2.05) is 6.07 Å². The number of hydrogen-bond acceptors (Lipinski definition) is 5. The summed E-state index contributed by atoms with van der Waals surface area (Å²) in [4.78, 5) is 29.8. The van der Waals surface area contributed by atoms with Crippen LogP contribution in [0.1, 0.15) is 32.7 Å². The average Bonchev–Trinajstić information content (AvgIpc) is 2.84. The molecule has 0 unspecified atom stereocenters. The molecule has 0 atom stereocenters. The summed E-state index contributed by atoms with van der Waals surface area (Å²) >= 11 is 0. The van der Waals surface area contributed by atoms with E-state index in [1.54, 1.807) is 36.5 Å². The number of imide groups is 1. The van der Waals surface area contributed by atoms with Gasteiger partial charge in [0.15, 0.2) is 0 Å². The van der Waals surface area contributed by atoms with Crippen LogP contribution >= 0.6 is 0 Å². The van der Waals surface area contributed by atoms with Gasteiger partial charge in [0.05, 0.1) is 17.7 Å². The highest BCUT2D eigenvalue weighted by molar-refractivity contribution is 6.21. The minimum atomic E-state index is -0.240. The summed E-state index contributed by atoms with van der Waals surface area (Å²) in [6, 6.07) is 10.5. The zero-order valence-corrected chi connectivity index (χ0v) is 12.6. The number of benzene rings is 1. The smallest absolute Gasteiger partial charge is 0.261 e. The molecular formula is C17H17N3O3. The lowest BCUT2D eigenvalue weighted by atomic mass is 10.1. The Hall–Kier alpha value is -2.73. The Bertz CT molecular complexity index is 693. The number of amides is 2. The molecule has 1 aliphatic rings. The predicted octanol–water partition coefficient (Wildman–Crippen LogP) is 1.61. The van der Waals surface area contributed by atoms with Gasteiger partial charge >= 0.3 is 0 Å². The molecule has 2 N–H and O–H groups in total. The van der Waals surface area contributed by atoms with Crippen molar-refractivity contribution in [3.8, 4) is 5.88 Å². The maximum atomic E-state index is 12.2. The van der Waals surface area contributed by atoms with E-state index in [4.69, 9.17) is 10.5 Å². The summed E-state index contributed by atoms with van der Waals surface area (Å²) in [5.41, 5.74) is 7.38. The standard InChI is InChI=1S/C17H17N3O3/c18-10-12-6-7-15(19-11-12)23-9-3-8-20-16(21)13-4-1-2-5-14(13)17(20)22/h1-2,4-7,11H,3,8-10,18H2. The Morgan fingerprint density at radius 3 is 2.30 bits per heavy atom. The summed E-state index contributed by atoms with van der Waals surface area (Å²) in [5.74, 6) is 0.0246. The molecule has 6 heteroatoms. The van der Waals surface area contributed by atoms with Crippen molar-refractivity contribution in [1.29, 1.82) is 0 Å². The molecule has 1 aromatic heterocycles. The van der Waals surface area contributed by atoms with Crippen molar-refractivity contribution in [2.75, 3.05) is 13.2 Å². The third-order valence-corrected chi connectivity index (χ3v) is 3.69. The molecule has 1 aliphatic heterocycles. The molecule has 0 aliphatic carbocycles. The normalized spacial score (nSPS) is 13.3. The number of carbonyl (C=O) groups excluding carboxylic acids is 2. The summed E-state index contributed by atoms with van der Waals surface area (Å²) in [5, 5.41) is 0. The Kier molecular flexibility index (Phi) is 4.34. The molecule has 0 fully saturated rings. The van der Waals surface area contributed by atoms with Crippen LogP contribution in [0.25, 0.3) is 0 Å². The third-order valence-electron chi connectivity index (χ3n) is 3.69. The molecule has 0 bridgehead atoms. The van der Waals surface area contributed by atoms with E-state index < -0.39 is 0 Å². The molecule has 0 saturated heterocycles. The SMILES string of the molecule is NCc1ccc(OCCCN2C(=O)c3ccccc3C2=O)nc1. The van der Waals surface area contributed by atoms with Crippen molar-refractivity contribution in [3.63, 3.8) is 0 Å². The first-order valence-corrected chi connectivity index (χ1v) is 7.43. The van der Waals surface area contributed by atoms with Gasteiger partial charge in [0, 0.05) is 25.4 Å². The zero-order valence-electron chi connectivity index (χ0n) is 12.6. The second kappa shape index (κ2) is 6.58. The highest BCUT2D eigenvalue weighted by Crippen LogP contribution is 2.22. The Morgan fingerprint density at radius 2 is 1.74 bits per heavy atom. The number of fused-ring (bicyclic) bond motifs is 1. The van der Waals surface area contributed by atoms with Crippen molar-refractivity contribution in [2.24, 2.45) is 5.73 Å². The second-order valence-corrected chi connectivity index (χ2v) is 5.22. The number of pyridine rings is 1. The van der Waals surface area contributed by atoms with Gasteiger partial charge in [0.25, 0.3) is 11.8 Å². The van der Waals surface area contributed by atoms with E-state index in [0.717, 1.165) is 5.56 Å². The number of hydrogen-bond donors (Lipinski definition) is 1. The van der Waals surface area contributed by atoms with Gasteiger partial charge in [0.1, 0.15) is 0 Å². The van der Waals surface area contributed by atoms with Crippen LogP contribution in [0.5, 0.6) is 5.88 Å². The lowest BCUT2D eigenvalue weighted by molar-refractivity contribution is 0.0646. The van der Waals surface area contributed by atoms with E-state index >= 15 is 0 Å². The molecule has 2 heterocycles. The quantitative estimate of drug-likeness (QED) is 0.647. The van der Waals surface area contributed by atoms with Crippen LogP contribution in [0.3, 0.4) is 0 Å². The molecule has 118 valence electrons. The number of nitrogens with two attached hydrogens (primary N) is 1. The van der Waals surface area contributed by atoms with Gasteiger partial charge in [-0.15, -0.1) is 0 Å². The minimum absolute atomic E-state index is 0.240. The Labute approximate surface area is 133 Å². The van der Waals surface area contributed by atoms with Crippen LogP contribution < -0.4 is 10.5 Å². The second-order valence-electron chi connectivity index (χ2n) is 5.22. The highest BCUT2D eigenvalue weighted by atomic mass is 16.5. The van der Waals surface area contributed by atoms with Gasteiger partial charge in [-0.3, -0.25) is 14.5 Å². The molecule has 0 spiro atoms. The predicted molar refractivity (Wildman–Crippen MR) is 84.0 cm³/mol. The maximum absolute atomic E-state index is 12.2. The number of ether oxygens (including phenoxy) is 1. The molecule has 2 amide bonds. The molecule has 3 rings (SSSR count). The Balaban J connectivity index is 1.51. The van der Waals surface area contributed by atoms with Crippen LogP contribution in [0.2, 0.25) is 0 Å². The topological polar surface area (TPSA) is 85.5 Å². The van der Waals surface area contributed by atoms with Crippen molar-refractivity contribution < 1.29 is 14.3 Å². The van der Waals surface area contributed by atoms with Gasteiger partial charge in [0.2, 0.25) is 5.88 Å². The van der Waals surface area contributed by atoms with E-state index in [9.17, 15) is 9.59 Å². The molecule has 0 radical (unpaired) electrons. The van der Waals surface area contributed by atoms with Crippen LogP contribution in [0, 0.1) is 0 Å². The van der Waals surface area contributed by atoms with E-state index in [1.165, 1.54) is 4.90 Å². The van der Waals surface area contributed by atoms with Crippen molar-refractivity contribution in [2.45, 2.75) is 13.0 Å². The van der Waals surface area contributed by atoms with Crippen molar-refractivity contribution in [1.82, 2.24) is 9.88 Å². The molecule has 6 nitrogen and oxygen atoms in total. The van der Waals surface area contributed by atoms with Crippen LogP contribution in [-0.4, -0.2) is 34.8 Å². The largest absolute Gasteiger partial charge is 0.478 e. The molecule has 1 aromatic carbocycles. The summed E-state index contributed by atoms with van der Waals surface area (Å²) in [6.45, 7) is 1.14. The van der Waals surface area contributed by atoms with Crippen molar-refractivity contribution in [3.05, 3.63) is 59.3 Å². The van der Waals surface area contributed by atoms with E-state index in [-0.39, 0.29) is 11.8 Å². The maximum Gasteiger partial charge on any atom is 0.261 e. The fourth-order valence-corrected chi connectivity index (χ4v) is 2.46. The van der Waals surface area contributed by atoms with Crippen molar-refractivity contribution >= 4 is 11.8 Å². The lowest BCUT2D eigenvalue weighted by Crippen LogP contribution is -2.31. The fraction of sp³-hybridized carbons (Fsp3) is 0.235. The number of nitrogens with zero attached hydrogens (tertiary/aromatic N) is 2. The number of carbonyl (C=O) groups is 2. The highest BCUT2D eigenvalue weighted by Gasteiger charge is 2.34. The summed E-state index contributed by atoms with van der Waals surface area (Å²) < 4.78 is 5.51. The van der Waals surface area contributed by atoms with Gasteiger partial charge < -0.3 is 10.5 Å². The first-order chi connectivity index (χ1) is 11.2. The van der Waals surface area contributed by atoms with E-state index in [0.29, 0.717) is 43.1 Å². The first-order valence-electron chi connectivity index (χ1n) is 7.43. The van der Waals surface area contributed by atoms with E-state index in [2.05, 4.69) is 4.98 Å². The average molecular weight is 311 g/mol. The van der Waals surface area contributed by atoms with Gasteiger partial charge in [-0.05, 0) is 24.1 Å². The molecular weight excluding hydrogens is 294 g/mol. The minimum Gasteiger partial charge on any atom is -0.478 e. The monoisotopic (exact) mass is 311 g/mol. The van der Waals surface area contributed by atoms with Gasteiger partial charge in [-0.25, -0.2) is 4.98 Å². The molecule has 23 heavy (non-hydrogen) atoms.